The number of rotatable bonds is 6. The van der Waals surface area contributed by atoms with E-state index in [-0.39, 0.29) is 16.7 Å². The van der Waals surface area contributed by atoms with Crippen molar-refractivity contribution in [3.63, 3.8) is 0 Å². The fourth-order valence-electron chi connectivity index (χ4n) is 2.26. The highest BCUT2D eigenvalue weighted by Crippen LogP contribution is 2.10. The second-order valence-electron chi connectivity index (χ2n) is 5.60. The normalized spacial score (nSPS) is 9.86. The van der Waals surface area contributed by atoms with Crippen LogP contribution >= 0.6 is 0 Å². The Morgan fingerprint density at radius 3 is 0.964 bits per heavy atom. The van der Waals surface area contributed by atoms with Crippen molar-refractivity contribution in [3.8, 4) is 0 Å². The molecule has 0 saturated heterocycles. The first kappa shape index (κ1) is 18.9. The van der Waals surface area contributed by atoms with Gasteiger partial charge in [-0.1, -0.05) is 54.6 Å². The van der Waals surface area contributed by atoms with E-state index in [1.807, 2.05) is 0 Å². The molecular weight excluding hydrogens is 359 g/mol. The van der Waals surface area contributed by atoms with Gasteiger partial charge in [0, 0.05) is 0 Å². The molecule has 0 saturated carbocycles. The molecule has 0 unspecified atom stereocenters. The topological polar surface area (TPSA) is 78.9 Å². The summed E-state index contributed by atoms with van der Waals surface area (Å²) in [6.07, 6.45) is 0. The molecule has 0 aliphatic rings. The van der Waals surface area contributed by atoms with Gasteiger partial charge in [-0.15, -0.1) is 0 Å². The van der Waals surface area contributed by atoms with Gasteiger partial charge in [-0.2, -0.15) is 0 Å². The highest BCUT2D eigenvalue weighted by Gasteiger charge is 2.37. The molecule has 0 spiro atoms. The Bertz CT molecular complexity index is 817. The van der Waals surface area contributed by atoms with E-state index in [4.69, 9.17) is 14.0 Å². The first-order valence-corrected chi connectivity index (χ1v) is 8.41. The Labute approximate surface area is 161 Å². The third kappa shape index (κ3) is 5.08. The lowest BCUT2D eigenvalue weighted by molar-refractivity contribution is 0.0410. The fourth-order valence-corrected chi connectivity index (χ4v) is 2.26. The van der Waals surface area contributed by atoms with Gasteiger partial charge in [0.2, 0.25) is 0 Å². The van der Waals surface area contributed by atoms with Crippen LogP contribution in [-0.4, -0.2) is 25.2 Å². The number of hydrogen-bond acceptors (Lipinski definition) is 6. The minimum Gasteiger partial charge on any atom is -0.458 e. The summed E-state index contributed by atoms with van der Waals surface area (Å²) in [5, 5.41) is 0. The van der Waals surface area contributed by atoms with E-state index < -0.39 is 25.2 Å². The Balaban J connectivity index is 1.76. The SMILES string of the molecule is O=C(OB(OC(=O)c1ccccc1)OC(=O)c1ccccc1)c1ccccc1. The predicted molar refractivity (Wildman–Crippen MR) is 101 cm³/mol. The summed E-state index contributed by atoms with van der Waals surface area (Å²) in [6, 6.07) is 24.3. The van der Waals surface area contributed by atoms with Crippen molar-refractivity contribution in [1.29, 1.82) is 0 Å². The van der Waals surface area contributed by atoms with Crippen LogP contribution in [0.5, 0.6) is 0 Å². The van der Waals surface area contributed by atoms with E-state index in [2.05, 4.69) is 0 Å². The number of carbonyl (C=O) groups is 3. The first-order valence-electron chi connectivity index (χ1n) is 8.41. The molecule has 0 aliphatic heterocycles. The van der Waals surface area contributed by atoms with Crippen molar-refractivity contribution in [2.75, 3.05) is 0 Å². The van der Waals surface area contributed by atoms with Gasteiger partial charge in [-0.05, 0) is 36.4 Å². The molecule has 0 amide bonds. The molecule has 3 aromatic rings. The van der Waals surface area contributed by atoms with Crippen LogP contribution in [0.4, 0.5) is 0 Å². The van der Waals surface area contributed by atoms with Crippen LogP contribution in [0.2, 0.25) is 0 Å². The molecule has 0 atom stereocenters. The standard InChI is InChI=1S/C21H15BO6/c23-19(16-10-4-1-5-11-16)26-22(27-20(24)17-12-6-2-7-13-17)28-21(25)18-14-8-3-9-15-18/h1-15H. The molecule has 0 fully saturated rings. The molecule has 138 valence electrons. The summed E-state index contributed by atoms with van der Waals surface area (Å²) in [7, 11) is -1.84. The summed E-state index contributed by atoms with van der Waals surface area (Å²) in [5.41, 5.74) is 0.664. The Morgan fingerprint density at radius 1 is 0.464 bits per heavy atom. The second-order valence-corrected chi connectivity index (χ2v) is 5.60. The van der Waals surface area contributed by atoms with E-state index in [0.717, 1.165) is 0 Å². The summed E-state index contributed by atoms with van der Waals surface area (Å²) in [6.45, 7) is 0. The maximum Gasteiger partial charge on any atom is 0.870 e. The smallest absolute Gasteiger partial charge is 0.458 e. The second kappa shape index (κ2) is 9.18. The number of benzene rings is 3. The predicted octanol–water partition coefficient (Wildman–Crippen LogP) is 3.54. The van der Waals surface area contributed by atoms with Gasteiger partial charge in [0.25, 0.3) is 0 Å². The molecule has 0 N–H and O–H groups in total. The monoisotopic (exact) mass is 374 g/mol. The molecule has 0 radical (unpaired) electrons. The molecule has 7 heteroatoms. The van der Waals surface area contributed by atoms with E-state index in [1.165, 1.54) is 36.4 Å². The lowest BCUT2D eigenvalue weighted by Crippen LogP contribution is -2.35. The maximum absolute atomic E-state index is 12.3. The van der Waals surface area contributed by atoms with Crippen LogP contribution in [0.15, 0.2) is 91.0 Å². The Hall–Kier alpha value is -3.87. The van der Waals surface area contributed by atoms with Crippen LogP contribution in [0.25, 0.3) is 0 Å². The molecule has 3 rings (SSSR count). The summed E-state index contributed by atoms with van der Waals surface area (Å²) in [5.74, 6) is -2.40. The lowest BCUT2D eigenvalue weighted by atomic mass is 10.1. The zero-order chi connectivity index (χ0) is 19.8. The van der Waals surface area contributed by atoms with Gasteiger partial charge in [-0.3, -0.25) is 0 Å². The van der Waals surface area contributed by atoms with Crippen LogP contribution in [0.1, 0.15) is 31.1 Å². The van der Waals surface area contributed by atoms with Crippen molar-refractivity contribution in [1.82, 2.24) is 0 Å². The van der Waals surface area contributed by atoms with E-state index in [1.54, 1.807) is 54.6 Å². The van der Waals surface area contributed by atoms with Crippen molar-refractivity contribution in [2.24, 2.45) is 0 Å². The number of carbonyl (C=O) groups excluding carboxylic acids is 3. The molecule has 0 aromatic heterocycles. The van der Waals surface area contributed by atoms with Crippen molar-refractivity contribution >= 4 is 25.2 Å². The molecule has 28 heavy (non-hydrogen) atoms. The summed E-state index contributed by atoms with van der Waals surface area (Å²) in [4.78, 5) is 36.9. The molecule has 6 nitrogen and oxygen atoms in total. The van der Waals surface area contributed by atoms with Gasteiger partial charge in [0.1, 0.15) is 0 Å². The molecule has 0 bridgehead atoms. The average molecular weight is 374 g/mol. The largest absolute Gasteiger partial charge is 0.870 e. The molecule has 0 aliphatic carbocycles. The van der Waals surface area contributed by atoms with Crippen LogP contribution in [0.3, 0.4) is 0 Å². The summed E-state index contributed by atoms with van der Waals surface area (Å²) < 4.78 is 15.3. The van der Waals surface area contributed by atoms with Gasteiger partial charge < -0.3 is 14.0 Å². The highest BCUT2D eigenvalue weighted by molar-refractivity contribution is 6.45. The lowest BCUT2D eigenvalue weighted by Gasteiger charge is -2.14. The van der Waals surface area contributed by atoms with E-state index in [9.17, 15) is 14.4 Å². The van der Waals surface area contributed by atoms with Crippen molar-refractivity contribution in [3.05, 3.63) is 108 Å². The zero-order valence-electron chi connectivity index (χ0n) is 14.7. The minimum atomic E-state index is -1.84. The maximum atomic E-state index is 12.3. The molecule has 0 heterocycles. The summed E-state index contributed by atoms with van der Waals surface area (Å²) >= 11 is 0. The average Bonchev–Trinajstić information content (AvgIpc) is 2.75. The van der Waals surface area contributed by atoms with E-state index >= 15 is 0 Å². The Morgan fingerprint density at radius 2 is 0.714 bits per heavy atom. The minimum absolute atomic E-state index is 0.221. The van der Waals surface area contributed by atoms with Gasteiger partial charge in [0.05, 0.1) is 16.7 Å². The fraction of sp³-hybridized carbons (Fsp3) is 0. The van der Waals surface area contributed by atoms with Crippen molar-refractivity contribution in [2.45, 2.75) is 0 Å². The highest BCUT2D eigenvalue weighted by atomic mass is 16.8. The van der Waals surface area contributed by atoms with Gasteiger partial charge in [0.15, 0.2) is 0 Å². The third-order valence-corrected chi connectivity index (χ3v) is 3.64. The first-order chi connectivity index (χ1) is 13.6. The third-order valence-electron chi connectivity index (χ3n) is 3.64. The zero-order valence-corrected chi connectivity index (χ0v) is 14.7. The van der Waals surface area contributed by atoms with Gasteiger partial charge in [-0.25, -0.2) is 14.4 Å². The van der Waals surface area contributed by atoms with E-state index in [0.29, 0.717) is 0 Å². The van der Waals surface area contributed by atoms with Crippen LogP contribution in [0, 0.1) is 0 Å². The molecule has 3 aromatic carbocycles. The Kier molecular flexibility index (Phi) is 6.20. The molecular formula is C21H15BO6. The van der Waals surface area contributed by atoms with Crippen LogP contribution in [-0.2, 0) is 14.0 Å². The number of hydrogen-bond donors (Lipinski definition) is 0. The van der Waals surface area contributed by atoms with Crippen molar-refractivity contribution < 1.29 is 28.3 Å². The van der Waals surface area contributed by atoms with Crippen LogP contribution < -0.4 is 0 Å². The van der Waals surface area contributed by atoms with Gasteiger partial charge >= 0.3 is 25.2 Å². The quantitative estimate of drug-likeness (QED) is 0.614.